The number of hydrogen-bond acceptors (Lipinski definition) is 4. The molecule has 58 valence electrons. The second-order valence-electron chi connectivity index (χ2n) is 2.15. The van der Waals surface area contributed by atoms with Crippen LogP contribution in [0.3, 0.4) is 0 Å². The summed E-state index contributed by atoms with van der Waals surface area (Å²) in [4.78, 5) is 0.843. The Morgan fingerprint density at radius 3 is 3.17 bits per heavy atom. The smallest absolute Gasteiger partial charge is 0.102 e. The van der Waals surface area contributed by atoms with E-state index in [-0.39, 0.29) is 0 Å². The number of nitriles is 1. The Morgan fingerprint density at radius 1 is 1.58 bits per heavy atom. The highest BCUT2D eigenvalue weighted by Gasteiger charge is 2.07. The minimum absolute atomic E-state index is 0.587. The second-order valence-corrected chi connectivity index (χ2v) is 2.95. The fourth-order valence-corrected chi connectivity index (χ4v) is 1.57. The maximum atomic E-state index is 8.69. The molecule has 12 heavy (non-hydrogen) atoms. The number of aromatic amines is 1. The Bertz CT molecular complexity index is 409. The monoisotopic (exact) mass is 176 g/mol. The van der Waals surface area contributed by atoms with Gasteiger partial charge >= 0.3 is 0 Å². The molecule has 0 aromatic carbocycles. The van der Waals surface area contributed by atoms with Crippen molar-refractivity contribution >= 4 is 11.5 Å². The van der Waals surface area contributed by atoms with Crippen LogP contribution in [0, 0.1) is 11.3 Å². The molecule has 0 aliphatic heterocycles. The number of H-pyrrole nitrogens is 1. The van der Waals surface area contributed by atoms with Gasteiger partial charge in [0.1, 0.15) is 6.07 Å². The van der Waals surface area contributed by atoms with Gasteiger partial charge < -0.3 is 0 Å². The summed E-state index contributed by atoms with van der Waals surface area (Å²) in [6.07, 6.45) is 3.21. The van der Waals surface area contributed by atoms with Crippen molar-refractivity contribution in [3.05, 3.63) is 24.0 Å². The largest absolute Gasteiger partial charge is 0.277 e. The van der Waals surface area contributed by atoms with E-state index in [2.05, 4.69) is 20.6 Å². The lowest BCUT2D eigenvalue weighted by Gasteiger charge is -1.87. The predicted octanol–water partition coefficient (Wildman–Crippen LogP) is 1.40. The summed E-state index contributed by atoms with van der Waals surface area (Å²) in [7, 11) is 0. The van der Waals surface area contributed by atoms with Gasteiger partial charge in [0.05, 0.1) is 22.3 Å². The molecular formula is C7H4N4S. The van der Waals surface area contributed by atoms with E-state index >= 15 is 0 Å². The molecule has 4 nitrogen and oxygen atoms in total. The molecule has 0 saturated heterocycles. The van der Waals surface area contributed by atoms with Crippen LogP contribution in [0.25, 0.3) is 10.6 Å². The molecule has 0 bridgehead atoms. The van der Waals surface area contributed by atoms with E-state index < -0.39 is 0 Å². The Morgan fingerprint density at radius 2 is 2.50 bits per heavy atom. The highest BCUT2D eigenvalue weighted by molar-refractivity contribution is 7.09. The standard InChI is InChI=1S/C7H4N4S/c8-3-5-4-10-12-7(5)6-1-2-9-11-6/h1-2,4H,(H,9,11). The second kappa shape index (κ2) is 2.75. The zero-order valence-corrected chi connectivity index (χ0v) is 6.80. The molecule has 0 atom stereocenters. The summed E-state index contributed by atoms with van der Waals surface area (Å²) >= 11 is 1.29. The normalized spacial score (nSPS) is 9.58. The summed E-state index contributed by atoms with van der Waals surface area (Å²) in [5, 5.41) is 15.3. The summed E-state index contributed by atoms with van der Waals surface area (Å²) in [5.41, 5.74) is 1.43. The van der Waals surface area contributed by atoms with Crippen LogP contribution in [0.2, 0.25) is 0 Å². The average Bonchev–Trinajstić information content (AvgIpc) is 2.74. The molecule has 1 N–H and O–H groups in total. The number of rotatable bonds is 1. The van der Waals surface area contributed by atoms with Crippen molar-refractivity contribution in [3.63, 3.8) is 0 Å². The Kier molecular flexibility index (Phi) is 1.61. The highest BCUT2D eigenvalue weighted by Crippen LogP contribution is 2.24. The summed E-state index contributed by atoms with van der Waals surface area (Å²) in [6, 6.07) is 3.88. The molecule has 2 aromatic heterocycles. The molecule has 0 unspecified atom stereocenters. The van der Waals surface area contributed by atoms with Crippen LogP contribution in [0.5, 0.6) is 0 Å². The topological polar surface area (TPSA) is 65.4 Å². The highest BCUT2D eigenvalue weighted by atomic mass is 32.1. The zero-order chi connectivity index (χ0) is 8.39. The molecule has 2 heterocycles. The molecule has 2 aromatic rings. The molecule has 0 amide bonds. The van der Waals surface area contributed by atoms with Gasteiger partial charge in [-0.25, -0.2) is 0 Å². The van der Waals surface area contributed by atoms with Gasteiger partial charge in [0.15, 0.2) is 0 Å². The van der Waals surface area contributed by atoms with Gasteiger partial charge in [0.25, 0.3) is 0 Å². The van der Waals surface area contributed by atoms with Crippen molar-refractivity contribution in [1.29, 1.82) is 5.26 Å². The fraction of sp³-hybridized carbons (Fsp3) is 0. The molecule has 5 heteroatoms. The Balaban J connectivity index is 2.55. The quantitative estimate of drug-likeness (QED) is 0.714. The predicted molar refractivity (Wildman–Crippen MR) is 44.4 cm³/mol. The van der Waals surface area contributed by atoms with E-state index in [1.54, 1.807) is 12.4 Å². The maximum absolute atomic E-state index is 8.69. The maximum Gasteiger partial charge on any atom is 0.102 e. The molecular weight excluding hydrogens is 172 g/mol. The summed E-state index contributed by atoms with van der Waals surface area (Å²) in [6.45, 7) is 0. The van der Waals surface area contributed by atoms with E-state index in [9.17, 15) is 0 Å². The van der Waals surface area contributed by atoms with Crippen LogP contribution in [-0.4, -0.2) is 14.6 Å². The molecule has 0 aliphatic rings. The van der Waals surface area contributed by atoms with E-state index in [0.29, 0.717) is 5.56 Å². The van der Waals surface area contributed by atoms with Crippen LogP contribution >= 0.6 is 11.5 Å². The first-order valence-electron chi connectivity index (χ1n) is 3.26. The van der Waals surface area contributed by atoms with Gasteiger partial charge in [0.2, 0.25) is 0 Å². The first-order chi connectivity index (χ1) is 5.92. The number of hydrogen-bond donors (Lipinski definition) is 1. The van der Waals surface area contributed by atoms with Gasteiger partial charge in [-0.3, -0.25) is 5.10 Å². The van der Waals surface area contributed by atoms with Crippen molar-refractivity contribution in [2.75, 3.05) is 0 Å². The van der Waals surface area contributed by atoms with Crippen LogP contribution in [0.4, 0.5) is 0 Å². The Hall–Kier alpha value is -1.67. The van der Waals surface area contributed by atoms with Crippen LogP contribution in [-0.2, 0) is 0 Å². The van der Waals surface area contributed by atoms with Crippen molar-refractivity contribution in [2.45, 2.75) is 0 Å². The summed E-state index contributed by atoms with van der Waals surface area (Å²) in [5.74, 6) is 0. The van der Waals surface area contributed by atoms with Gasteiger partial charge in [-0.15, -0.1) is 0 Å². The summed E-state index contributed by atoms with van der Waals surface area (Å²) < 4.78 is 3.92. The molecule has 0 spiro atoms. The average molecular weight is 176 g/mol. The lowest BCUT2D eigenvalue weighted by molar-refractivity contribution is 1.10. The van der Waals surface area contributed by atoms with Crippen LogP contribution in [0.15, 0.2) is 18.5 Å². The van der Waals surface area contributed by atoms with E-state index in [4.69, 9.17) is 5.26 Å². The molecule has 0 radical (unpaired) electrons. The molecule has 0 aliphatic carbocycles. The van der Waals surface area contributed by atoms with Crippen molar-refractivity contribution in [1.82, 2.24) is 14.6 Å². The van der Waals surface area contributed by atoms with E-state index in [1.807, 2.05) is 6.07 Å². The van der Waals surface area contributed by atoms with Crippen LogP contribution in [0.1, 0.15) is 5.56 Å². The SMILES string of the molecule is N#Cc1cnsc1-c1ccn[nH]1. The van der Waals surface area contributed by atoms with Crippen molar-refractivity contribution in [3.8, 4) is 16.6 Å². The third-order valence-corrected chi connectivity index (χ3v) is 2.27. The van der Waals surface area contributed by atoms with Gasteiger partial charge in [-0.1, -0.05) is 0 Å². The van der Waals surface area contributed by atoms with Crippen molar-refractivity contribution in [2.24, 2.45) is 0 Å². The first kappa shape index (κ1) is 7.00. The van der Waals surface area contributed by atoms with Gasteiger partial charge in [0, 0.05) is 6.20 Å². The van der Waals surface area contributed by atoms with E-state index in [0.717, 1.165) is 10.6 Å². The molecule has 0 saturated carbocycles. The molecule has 0 fully saturated rings. The fourth-order valence-electron chi connectivity index (χ4n) is 0.896. The lowest BCUT2D eigenvalue weighted by Crippen LogP contribution is -1.76. The third-order valence-electron chi connectivity index (χ3n) is 1.44. The van der Waals surface area contributed by atoms with E-state index in [1.165, 1.54) is 11.5 Å². The van der Waals surface area contributed by atoms with Gasteiger partial charge in [-0.2, -0.15) is 14.7 Å². The molecule has 2 rings (SSSR count). The zero-order valence-electron chi connectivity index (χ0n) is 5.98. The number of nitrogens with one attached hydrogen (secondary N) is 1. The third kappa shape index (κ3) is 0.984. The number of nitrogens with zero attached hydrogens (tertiary/aromatic N) is 3. The first-order valence-corrected chi connectivity index (χ1v) is 4.03. The number of aromatic nitrogens is 3. The Labute approximate surface area is 72.6 Å². The van der Waals surface area contributed by atoms with Crippen molar-refractivity contribution < 1.29 is 0 Å². The minimum atomic E-state index is 0.587. The lowest BCUT2D eigenvalue weighted by atomic mass is 10.2. The van der Waals surface area contributed by atoms with Crippen LogP contribution < -0.4 is 0 Å². The van der Waals surface area contributed by atoms with Gasteiger partial charge in [-0.05, 0) is 17.6 Å². The minimum Gasteiger partial charge on any atom is -0.277 e.